The topological polar surface area (TPSA) is 85.4 Å². The number of carbonyl (C=O) groups is 1. The molecule has 2 saturated heterocycles. The number of amides is 1. The molecule has 0 saturated carbocycles. The molecule has 3 N–H and O–H groups in total. The van der Waals surface area contributed by atoms with Crippen LogP contribution in [0.3, 0.4) is 0 Å². The van der Waals surface area contributed by atoms with E-state index >= 15 is 0 Å². The number of carbonyl (C=O) groups excluding carboxylic acids is 1. The quantitative estimate of drug-likeness (QED) is 0.786. The van der Waals surface area contributed by atoms with Gasteiger partial charge in [-0.1, -0.05) is 0 Å². The molecule has 110 valence electrons. The minimum atomic E-state index is -0.199. The van der Waals surface area contributed by atoms with Gasteiger partial charge in [0.15, 0.2) is 0 Å². The van der Waals surface area contributed by atoms with Crippen molar-refractivity contribution in [2.45, 2.75) is 25.0 Å². The third kappa shape index (κ3) is 2.51. The number of rotatable bonds is 3. The van der Waals surface area contributed by atoms with E-state index in [0.717, 1.165) is 19.7 Å². The molecule has 0 spiro atoms. The highest BCUT2D eigenvalue weighted by Gasteiger charge is 2.32. The fourth-order valence-electron chi connectivity index (χ4n) is 3.03. The number of fused-ring (bicyclic) bond motifs is 1. The van der Waals surface area contributed by atoms with E-state index in [-0.39, 0.29) is 12.0 Å². The fourth-order valence-corrected chi connectivity index (χ4v) is 3.03. The SMILES string of the molecule is Cn1ncc(N)c1C(=O)NCC1CN2CCCC2CO1. The Labute approximate surface area is 118 Å². The highest BCUT2D eigenvalue weighted by molar-refractivity contribution is 5.97. The van der Waals surface area contributed by atoms with Gasteiger partial charge in [-0.25, -0.2) is 0 Å². The van der Waals surface area contributed by atoms with Crippen LogP contribution in [0.15, 0.2) is 6.20 Å². The van der Waals surface area contributed by atoms with E-state index in [2.05, 4.69) is 15.3 Å². The van der Waals surface area contributed by atoms with Crippen LogP contribution < -0.4 is 11.1 Å². The molecule has 2 aliphatic rings. The van der Waals surface area contributed by atoms with Crippen molar-refractivity contribution in [2.75, 3.05) is 32.0 Å². The van der Waals surface area contributed by atoms with Gasteiger partial charge in [0.25, 0.3) is 5.91 Å². The van der Waals surface area contributed by atoms with Crippen LogP contribution in [0.25, 0.3) is 0 Å². The van der Waals surface area contributed by atoms with Gasteiger partial charge in [-0.3, -0.25) is 14.4 Å². The van der Waals surface area contributed by atoms with Gasteiger partial charge in [0.05, 0.1) is 24.6 Å². The van der Waals surface area contributed by atoms with E-state index in [1.165, 1.54) is 23.7 Å². The molecule has 0 bridgehead atoms. The number of hydrogen-bond acceptors (Lipinski definition) is 5. The van der Waals surface area contributed by atoms with Gasteiger partial charge in [0.1, 0.15) is 5.69 Å². The van der Waals surface area contributed by atoms with Gasteiger partial charge in [0.2, 0.25) is 0 Å². The molecule has 1 aromatic heterocycles. The summed E-state index contributed by atoms with van der Waals surface area (Å²) in [6, 6.07) is 0.578. The van der Waals surface area contributed by atoms with Crippen LogP contribution in [-0.2, 0) is 11.8 Å². The zero-order valence-corrected chi connectivity index (χ0v) is 11.7. The van der Waals surface area contributed by atoms with E-state index in [1.807, 2.05) is 0 Å². The van der Waals surface area contributed by atoms with Crippen molar-refractivity contribution in [3.63, 3.8) is 0 Å². The number of hydrogen-bond donors (Lipinski definition) is 2. The van der Waals surface area contributed by atoms with Crippen LogP contribution >= 0.6 is 0 Å². The molecule has 2 unspecified atom stereocenters. The lowest BCUT2D eigenvalue weighted by molar-refractivity contribution is -0.0462. The molecule has 1 aromatic rings. The van der Waals surface area contributed by atoms with Crippen molar-refractivity contribution in [1.29, 1.82) is 0 Å². The minimum Gasteiger partial charge on any atom is -0.396 e. The Kier molecular flexibility index (Phi) is 3.62. The molecule has 0 aromatic carbocycles. The number of ether oxygens (including phenoxy) is 1. The minimum absolute atomic E-state index is 0.0581. The average molecular weight is 279 g/mol. The maximum atomic E-state index is 12.1. The second kappa shape index (κ2) is 5.41. The monoisotopic (exact) mass is 279 g/mol. The van der Waals surface area contributed by atoms with Gasteiger partial charge in [-0.15, -0.1) is 0 Å². The highest BCUT2D eigenvalue weighted by atomic mass is 16.5. The summed E-state index contributed by atoms with van der Waals surface area (Å²) in [7, 11) is 1.71. The molecule has 3 heterocycles. The van der Waals surface area contributed by atoms with Crippen LogP contribution in [-0.4, -0.2) is 59.0 Å². The Morgan fingerprint density at radius 3 is 3.25 bits per heavy atom. The molecule has 7 nitrogen and oxygen atoms in total. The Hall–Kier alpha value is -1.60. The first-order chi connectivity index (χ1) is 9.65. The maximum Gasteiger partial charge on any atom is 0.271 e. The Balaban J connectivity index is 1.53. The van der Waals surface area contributed by atoms with Crippen molar-refractivity contribution in [1.82, 2.24) is 20.0 Å². The highest BCUT2D eigenvalue weighted by Crippen LogP contribution is 2.22. The zero-order chi connectivity index (χ0) is 14.1. The predicted octanol–water partition coefficient (Wildman–Crippen LogP) is -0.405. The van der Waals surface area contributed by atoms with Crippen LogP contribution in [0.2, 0.25) is 0 Å². The molecule has 2 aliphatic heterocycles. The molecule has 20 heavy (non-hydrogen) atoms. The fraction of sp³-hybridized carbons (Fsp3) is 0.692. The lowest BCUT2D eigenvalue weighted by Gasteiger charge is -2.35. The summed E-state index contributed by atoms with van der Waals surface area (Å²) in [4.78, 5) is 14.6. The number of nitrogens with one attached hydrogen (secondary N) is 1. The van der Waals surface area contributed by atoms with Gasteiger partial charge < -0.3 is 15.8 Å². The summed E-state index contributed by atoms with van der Waals surface area (Å²) >= 11 is 0. The summed E-state index contributed by atoms with van der Waals surface area (Å²) in [6.07, 6.45) is 4.02. The van der Waals surface area contributed by atoms with Gasteiger partial charge in [-0.2, -0.15) is 5.10 Å². The van der Waals surface area contributed by atoms with Gasteiger partial charge in [0, 0.05) is 26.2 Å². The Bertz CT molecular complexity index is 481. The number of nitrogens with zero attached hydrogens (tertiary/aromatic N) is 3. The number of anilines is 1. The standard InChI is InChI=1S/C13H21N5O2/c1-17-12(11(14)6-16-17)13(19)15-5-10-7-18-4-2-3-9(18)8-20-10/h6,9-10H,2-5,7-8,14H2,1H3,(H,15,19). The van der Waals surface area contributed by atoms with Crippen LogP contribution in [0.5, 0.6) is 0 Å². The van der Waals surface area contributed by atoms with Crippen molar-refractivity contribution in [3.8, 4) is 0 Å². The van der Waals surface area contributed by atoms with Crippen LogP contribution in [0.1, 0.15) is 23.3 Å². The van der Waals surface area contributed by atoms with E-state index in [4.69, 9.17) is 10.5 Å². The molecular formula is C13H21N5O2. The van der Waals surface area contributed by atoms with Crippen molar-refractivity contribution < 1.29 is 9.53 Å². The Morgan fingerprint density at radius 2 is 2.50 bits per heavy atom. The normalized spacial score (nSPS) is 26.4. The number of morpholine rings is 1. The van der Waals surface area contributed by atoms with Gasteiger partial charge >= 0.3 is 0 Å². The molecule has 0 aliphatic carbocycles. The summed E-state index contributed by atoms with van der Waals surface area (Å²) in [6.45, 7) is 3.32. The molecule has 7 heteroatoms. The maximum absolute atomic E-state index is 12.1. The van der Waals surface area contributed by atoms with E-state index in [1.54, 1.807) is 7.05 Å². The zero-order valence-electron chi connectivity index (χ0n) is 11.7. The van der Waals surface area contributed by atoms with Crippen molar-refractivity contribution in [2.24, 2.45) is 7.05 Å². The van der Waals surface area contributed by atoms with Crippen molar-refractivity contribution in [3.05, 3.63) is 11.9 Å². The molecular weight excluding hydrogens is 258 g/mol. The lowest BCUT2D eigenvalue weighted by atomic mass is 10.2. The largest absolute Gasteiger partial charge is 0.396 e. The van der Waals surface area contributed by atoms with E-state index in [0.29, 0.717) is 24.0 Å². The van der Waals surface area contributed by atoms with Crippen LogP contribution in [0, 0.1) is 0 Å². The Morgan fingerprint density at radius 1 is 1.65 bits per heavy atom. The van der Waals surface area contributed by atoms with Gasteiger partial charge in [-0.05, 0) is 19.4 Å². The lowest BCUT2D eigenvalue weighted by Crippen LogP contribution is -2.50. The third-order valence-corrected chi connectivity index (χ3v) is 4.13. The number of aryl methyl sites for hydroxylation is 1. The number of nitrogens with two attached hydrogens (primary N) is 1. The summed E-state index contributed by atoms with van der Waals surface area (Å²) in [5.74, 6) is -0.199. The second-order valence-electron chi connectivity index (χ2n) is 5.53. The molecule has 1 amide bonds. The van der Waals surface area contributed by atoms with Crippen molar-refractivity contribution >= 4 is 11.6 Å². The van der Waals surface area contributed by atoms with E-state index in [9.17, 15) is 4.79 Å². The first-order valence-corrected chi connectivity index (χ1v) is 7.06. The first kappa shape index (κ1) is 13.4. The average Bonchev–Trinajstić information content (AvgIpc) is 3.02. The summed E-state index contributed by atoms with van der Waals surface area (Å²) in [5.41, 5.74) is 6.54. The molecule has 0 radical (unpaired) electrons. The molecule has 3 rings (SSSR count). The number of nitrogen functional groups attached to an aromatic ring is 1. The van der Waals surface area contributed by atoms with Crippen LogP contribution in [0.4, 0.5) is 5.69 Å². The smallest absolute Gasteiger partial charge is 0.271 e. The molecule has 2 atom stereocenters. The molecule has 2 fully saturated rings. The second-order valence-corrected chi connectivity index (χ2v) is 5.53. The third-order valence-electron chi connectivity index (χ3n) is 4.13. The van der Waals surface area contributed by atoms with E-state index < -0.39 is 0 Å². The first-order valence-electron chi connectivity index (χ1n) is 7.06. The summed E-state index contributed by atoms with van der Waals surface area (Å²) in [5, 5.41) is 6.85. The number of aromatic nitrogens is 2. The summed E-state index contributed by atoms with van der Waals surface area (Å²) < 4.78 is 7.30. The predicted molar refractivity (Wildman–Crippen MR) is 74.3 cm³/mol.